The first kappa shape index (κ1) is 17.6. The van der Waals surface area contributed by atoms with Gasteiger partial charge in [-0.05, 0) is 31.5 Å². The molecule has 2 rings (SSSR count). The molecule has 1 aromatic carbocycles. The Labute approximate surface area is 141 Å². The van der Waals surface area contributed by atoms with Crippen LogP contribution in [0.5, 0.6) is 5.75 Å². The third kappa shape index (κ3) is 3.76. The molecule has 0 saturated carbocycles. The average molecular weight is 330 g/mol. The predicted octanol–water partition coefficient (Wildman–Crippen LogP) is 2.57. The number of hydrogen-bond donors (Lipinski definition) is 1. The quantitative estimate of drug-likeness (QED) is 0.826. The van der Waals surface area contributed by atoms with Gasteiger partial charge in [-0.3, -0.25) is 4.79 Å². The number of aromatic amines is 1. The molecule has 1 heterocycles. The summed E-state index contributed by atoms with van der Waals surface area (Å²) in [7, 11) is 3.02. The summed E-state index contributed by atoms with van der Waals surface area (Å²) >= 11 is 0. The number of amides is 1. The van der Waals surface area contributed by atoms with Gasteiger partial charge in [-0.15, -0.1) is 0 Å². The molecule has 0 aliphatic carbocycles. The molecule has 0 fully saturated rings. The van der Waals surface area contributed by atoms with Crippen LogP contribution in [0.2, 0.25) is 0 Å². The first-order valence-electron chi connectivity index (χ1n) is 7.66. The van der Waals surface area contributed by atoms with E-state index < -0.39 is 5.97 Å². The van der Waals surface area contributed by atoms with Crippen molar-refractivity contribution in [2.45, 2.75) is 13.8 Å². The van der Waals surface area contributed by atoms with Crippen molar-refractivity contribution in [2.24, 2.45) is 0 Å². The number of esters is 1. The van der Waals surface area contributed by atoms with Crippen LogP contribution in [0.1, 0.15) is 32.1 Å². The van der Waals surface area contributed by atoms with E-state index in [1.807, 2.05) is 30.3 Å². The Kier molecular flexibility index (Phi) is 5.63. The van der Waals surface area contributed by atoms with E-state index in [9.17, 15) is 9.59 Å². The molecule has 6 nitrogen and oxygen atoms in total. The summed E-state index contributed by atoms with van der Waals surface area (Å²) in [6.45, 7) is 4.29. The zero-order valence-corrected chi connectivity index (χ0v) is 14.4. The zero-order chi connectivity index (χ0) is 17.7. The number of methoxy groups -OCH3 is 1. The third-order valence-corrected chi connectivity index (χ3v) is 3.83. The lowest BCUT2D eigenvalue weighted by molar-refractivity contribution is 0.0599. The van der Waals surface area contributed by atoms with Gasteiger partial charge in [-0.1, -0.05) is 18.2 Å². The summed E-state index contributed by atoms with van der Waals surface area (Å²) in [5, 5.41) is 0. The molecule has 0 spiro atoms. The van der Waals surface area contributed by atoms with Crippen LogP contribution < -0.4 is 4.74 Å². The Morgan fingerprint density at radius 3 is 2.46 bits per heavy atom. The van der Waals surface area contributed by atoms with Gasteiger partial charge in [0.1, 0.15) is 18.1 Å². The maximum atomic E-state index is 12.6. The van der Waals surface area contributed by atoms with Crippen molar-refractivity contribution in [3.8, 4) is 5.75 Å². The topological polar surface area (TPSA) is 71.6 Å². The standard InChI is InChI=1S/C18H22N2O4/c1-12-15(18(22)23-4)13(2)19-16(12)17(21)20(3)10-11-24-14-8-6-5-7-9-14/h5-9,19H,10-11H2,1-4H3. The molecule has 0 aliphatic heterocycles. The minimum absolute atomic E-state index is 0.192. The van der Waals surface area contributed by atoms with Crippen molar-refractivity contribution < 1.29 is 19.1 Å². The van der Waals surface area contributed by atoms with E-state index in [2.05, 4.69) is 4.98 Å². The molecular weight excluding hydrogens is 308 g/mol. The number of ether oxygens (including phenoxy) is 2. The largest absolute Gasteiger partial charge is 0.492 e. The maximum Gasteiger partial charge on any atom is 0.339 e. The van der Waals surface area contributed by atoms with E-state index in [-0.39, 0.29) is 5.91 Å². The molecule has 128 valence electrons. The maximum absolute atomic E-state index is 12.6. The van der Waals surface area contributed by atoms with Crippen LogP contribution in [0, 0.1) is 13.8 Å². The second-order valence-electron chi connectivity index (χ2n) is 5.50. The van der Waals surface area contributed by atoms with E-state index in [1.165, 1.54) is 7.11 Å². The normalized spacial score (nSPS) is 10.3. The van der Waals surface area contributed by atoms with Crippen molar-refractivity contribution >= 4 is 11.9 Å². The minimum Gasteiger partial charge on any atom is -0.492 e. The van der Waals surface area contributed by atoms with Gasteiger partial charge in [-0.2, -0.15) is 0 Å². The highest BCUT2D eigenvalue weighted by Gasteiger charge is 2.24. The van der Waals surface area contributed by atoms with Crippen LogP contribution in [-0.4, -0.2) is 49.1 Å². The second-order valence-corrected chi connectivity index (χ2v) is 5.50. The Morgan fingerprint density at radius 1 is 1.17 bits per heavy atom. The van der Waals surface area contributed by atoms with Crippen molar-refractivity contribution in [3.63, 3.8) is 0 Å². The van der Waals surface area contributed by atoms with Crippen LogP contribution in [-0.2, 0) is 4.74 Å². The van der Waals surface area contributed by atoms with Crippen LogP contribution in [0.15, 0.2) is 30.3 Å². The number of H-pyrrole nitrogens is 1. The molecule has 0 aliphatic rings. The summed E-state index contributed by atoms with van der Waals surface area (Å²) < 4.78 is 10.4. The molecule has 0 unspecified atom stereocenters. The summed E-state index contributed by atoms with van der Waals surface area (Å²) in [5.41, 5.74) is 2.03. The van der Waals surface area contributed by atoms with Gasteiger partial charge in [0, 0.05) is 12.7 Å². The first-order valence-corrected chi connectivity index (χ1v) is 7.66. The van der Waals surface area contributed by atoms with Crippen LogP contribution in [0.4, 0.5) is 0 Å². The highest BCUT2D eigenvalue weighted by molar-refractivity contribution is 6.00. The molecule has 2 aromatic rings. The van der Waals surface area contributed by atoms with E-state index in [0.717, 1.165) is 5.75 Å². The van der Waals surface area contributed by atoms with Crippen LogP contribution in [0.3, 0.4) is 0 Å². The van der Waals surface area contributed by atoms with Gasteiger partial charge in [0.2, 0.25) is 0 Å². The average Bonchev–Trinajstić information content (AvgIpc) is 2.89. The lowest BCUT2D eigenvalue weighted by Crippen LogP contribution is -2.31. The number of carbonyl (C=O) groups excluding carboxylic acids is 2. The number of hydrogen-bond acceptors (Lipinski definition) is 4. The van der Waals surface area contributed by atoms with Crippen molar-refractivity contribution in [1.82, 2.24) is 9.88 Å². The van der Waals surface area contributed by atoms with Crippen molar-refractivity contribution in [1.29, 1.82) is 0 Å². The number of likely N-dealkylation sites (N-methyl/N-ethyl adjacent to an activating group) is 1. The van der Waals surface area contributed by atoms with Crippen LogP contribution >= 0.6 is 0 Å². The summed E-state index contributed by atoms with van der Waals surface area (Å²) in [6, 6.07) is 9.43. The molecule has 0 radical (unpaired) electrons. The molecule has 24 heavy (non-hydrogen) atoms. The molecule has 0 saturated heterocycles. The fourth-order valence-electron chi connectivity index (χ4n) is 2.48. The van der Waals surface area contributed by atoms with E-state index >= 15 is 0 Å². The molecule has 0 bridgehead atoms. The number of carbonyl (C=O) groups is 2. The van der Waals surface area contributed by atoms with Gasteiger partial charge in [0.25, 0.3) is 5.91 Å². The lowest BCUT2D eigenvalue weighted by atomic mass is 10.1. The fraction of sp³-hybridized carbons (Fsp3) is 0.333. The molecule has 1 N–H and O–H groups in total. The van der Waals surface area contributed by atoms with E-state index in [1.54, 1.807) is 25.8 Å². The van der Waals surface area contributed by atoms with Crippen molar-refractivity contribution in [2.75, 3.05) is 27.3 Å². The van der Waals surface area contributed by atoms with Gasteiger partial charge >= 0.3 is 5.97 Å². The third-order valence-electron chi connectivity index (χ3n) is 3.83. The summed E-state index contributed by atoms with van der Waals surface area (Å²) in [4.78, 5) is 28.9. The highest BCUT2D eigenvalue weighted by atomic mass is 16.5. The van der Waals surface area contributed by atoms with Crippen molar-refractivity contribution in [3.05, 3.63) is 52.8 Å². The summed E-state index contributed by atoms with van der Waals surface area (Å²) in [6.07, 6.45) is 0. The zero-order valence-electron chi connectivity index (χ0n) is 14.4. The predicted molar refractivity (Wildman–Crippen MR) is 90.5 cm³/mol. The first-order chi connectivity index (χ1) is 11.5. The minimum atomic E-state index is -0.449. The Hall–Kier alpha value is -2.76. The van der Waals surface area contributed by atoms with E-state index in [0.29, 0.717) is 35.7 Å². The molecular formula is C18H22N2O4. The number of nitrogens with zero attached hydrogens (tertiary/aromatic N) is 1. The Morgan fingerprint density at radius 2 is 1.83 bits per heavy atom. The van der Waals surface area contributed by atoms with Gasteiger partial charge < -0.3 is 19.4 Å². The lowest BCUT2D eigenvalue weighted by Gasteiger charge is -2.17. The van der Waals surface area contributed by atoms with Gasteiger partial charge in [-0.25, -0.2) is 4.79 Å². The van der Waals surface area contributed by atoms with E-state index in [4.69, 9.17) is 9.47 Å². The molecule has 0 atom stereocenters. The molecule has 6 heteroatoms. The van der Waals surface area contributed by atoms with Crippen LogP contribution in [0.25, 0.3) is 0 Å². The monoisotopic (exact) mass is 330 g/mol. The number of rotatable bonds is 6. The summed E-state index contributed by atoms with van der Waals surface area (Å²) in [5.74, 6) is 0.121. The van der Waals surface area contributed by atoms with Gasteiger partial charge in [0.15, 0.2) is 0 Å². The number of nitrogens with one attached hydrogen (secondary N) is 1. The molecule has 1 amide bonds. The number of para-hydroxylation sites is 1. The second kappa shape index (κ2) is 7.68. The van der Waals surface area contributed by atoms with Gasteiger partial charge in [0.05, 0.1) is 19.2 Å². The smallest absolute Gasteiger partial charge is 0.339 e. The number of benzene rings is 1. The SMILES string of the molecule is COC(=O)c1c(C)[nH]c(C(=O)N(C)CCOc2ccccc2)c1C. The Bertz CT molecular complexity index is 722. The Balaban J connectivity index is 2.02. The highest BCUT2D eigenvalue weighted by Crippen LogP contribution is 2.20. The molecule has 1 aromatic heterocycles. The fourth-order valence-corrected chi connectivity index (χ4v) is 2.48. The number of aromatic nitrogens is 1. The number of aryl methyl sites for hydroxylation is 1.